The molecule has 0 unspecified atom stereocenters. The number of rotatable bonds is 4. The molecule has 0 radical (unpaired) electrons. The zero-order valence-corrected chi connectivity index (χ0v) is 13.8. The molecule has 0 amide bonds. The predicted octanol–water partition coefficient (Wildman–Crippen LogP) is 3.56. The normalized spacial score (nSPS) is 11.0. The molecule has 0 saturated heterocycles. The van der Waals surface area contributed by atoms with Crippen molar-refractivity contribution >= 4 is 39.1 Å². The van der Waals surface area contributed by atoms with Gasteiger partial charge in [-0.25, -0.2) is 4.98 Å². The fourth-order valence-electron chi connectivity index (χ4n) is 2.44. The highest BCUT2D eigenvalue weighted by atomic mass is 35.5. The number of aryl methyl sites for hydroxylation is 1. The van der Waals surface area contributed by atoms with Gasteiger partial charge >= 0.3 is 5.97 Å². The topological polar surface area (TPSA) is 72.2 Å². The zero-order chi connectivity index (χ0) is 16.6. The maximum atomic E-state index is 12.8. The average Bonchev–Trinajstić information content (AvgIpc) is 2.91. The third-order valence-electron chi connectivity index (χ3n) is 3.59. The minimum atomic E-state index is -0.945. The van der Waals surface area contributed by atoms with Gasteiger partial charge in [0.05, 0.1) is 11.8 Å². The predicted molar refractivity (Wildman–Crippen MR) is 91.3 cm³/mol. The average molecular weight is 349 g/mol. The lowest BCUT2D eigenvalue weighted by atomic mass is 10.1. The van der Waals surface area contributed by atoms with Crippen LogP contribution < -0.4 is 5.56 Å². The van der Waals surface area contributed by atoms with E-state index in [4.69, 9.17) is 16.7 Å². The maximum Gasteiger partial charge on any atom is 0.305 e. The summed E-state index contributed by atoms with van der Waals surface area (Å²) in [5.41, 5.74) is 1.47. The summed E-state index contributed by atoms with van der Waals surface area (Å²) in [7, 11) is 0. The molecule has 0 bridgehead atoms. The van der Waals surface area contributed by atoms with Crippen LogP contribution in [0.5, 0.6) is 0 Å². The summed E-state index contributed by atoms with van der Waals surface area (Å²) in [4.78, 5) is 28.7. The number of hydrogen-bond acceptors (Lipinski definition) is 4. The molecule has 0 spiro atoms. The first-order chi connectivity index (χ1) is 11.0. The number of carbonyl (C=O) groups is 1. The molecule has 3 rings (SSSR count). The minimum Gasteiger partial charge on any atom is -0.481 e. The van der Waals surface area contributed by atoms with Crippen LogP contribution in [0.4, 0.5) is 0 Å². The molecule has 0 aliphatic heterocycles. The van der Waals surface area contributed by atoms with E-state index in [-0.39, 0.29) is 18.5 Å². The van der Waals surface area contributed by atoms with Crippen LogP contribution in [0.25, 0.3) is 21.3 Å². The van der Waals surface area contributed by atoms with Gasteiger partial charge in [-0.2, -0.15) is 0 Å². The molecule has 0 atom stereocenters. The fourth-order valence-corrected chi connectivity index (χ4v) is 3.55. The van der Waals surface area contributed by atoms with Crippen LogP contribution in [0.15, 0.2) is 34.4 Å². The van der Waals surface area contributed by atoms with Crippen molar-refractivity contribution in [2.45, 2.75) is 19.9 Å². The summed E-state index contributed by atoms with van der Waals surface area (Å²) in [6, 6.07) is 7.24. The summed E-state index contributed by atoms with van der Waals surface area (Å²) in [6.45, 7) is 1.82. The monoisotopic (exact) mass is 348 g/mol. The van der Waals surface area contributed by atoms with Gasteiger partial charge in [-0.05, 0) is 24.6 Å². The second-order valence-corrected chi connectivity index (χ2v) is 6.39. The summed E-state index contributed by atoms with van der Waals surface area (Å²) in [6.07, 6.45) is -0.117. The van der Waals surface area contributed by atoms with Crippen molar-refractivity contribution in [3.63, 3.8) is 0 Å². The van der Waals surface area contributed by atoms with Crippen LogP contribution in [-0.2, 0) is 11.3 Å². The lowest BCUT2D eigenvalue weighted by Gasteiger charge is -2.08. The largest absolute Gasteiger partial charge is 0.481 e. The molecule has 0 fully saturated rings. The van der Waals surface area contributed by atoms with Crippen molar-refractivity contribution in [2.75, 3.05) is 0 Å². The van der Waals surface area contributed by atoms with Crippen LogP contribution in [0, 0.1) is 6.92 Å². The molecular formula is C16H13ClN2O3S. The zero-order valence-electron chi connectivity index (χ0n) is 12.2. The molecule has 0 saturated carbocycles. The van der Waals surface area contributed by atoms with Crippen molar-refractivity contribution in [2.24, 2.45) is 0 Å². The Bertz CT molecular complexity index is 944. The van der Waals surface area contributed by atoms with E-state index >= 15 is 0 Å². The Kier molecular flexibility index (Phi) is 4.19. The Morgan fingerprint density at radius 2 is 2.04 bits per heavy atom. The number of fused-ring (bicyclic) bond motifs is 1. The van der Waals surface area contributed by atoms with Gasteiger partial charge in [0, 0.05) is 22.5 Å². The van der Waals surface area contributed by atoms with Crippen molar-refractivity contribution in [3.8, 4) is 11.1 Å². The van der Waals surface area contributed by atoms with E-state index in [0.29, 0.717) is 21.1 Å². The van der Waals surface area contributed by atoms with E-state index in [1.54, 1.807) is 19.1 Å². The van der Waals surface area contributed by atoms with Crippen LogP contribution in [0.2, 0.25) is 5.02 Å². The van der Waals surface area contributed by atoms with Gasteiger partial charge in [0.25, 0.3) is 5.56 Å². The van der Waals surface area contributed by atoms with E-state index in [9.17, 15) is 9.59 Å². The van der Waals surface area contributed by atoms with E-state index in [1.165, 1.54) is 15.9 Å². The highest BCUT2D eigenvalue weighted by Crippen LogP contribution is 2.31. The maximum absolute atomic E-state index is 12.8. The molecule has 0 aliphatic carbocycles. The molecule has 7 heteroatoms. The number of nitrogens with zero attached hydrogens (tertiary/aromatic N) is 2. The first-order valence-electron chi connectivity index (χ1n) is 6.93. The van der Waals surface area contributed by atoms with Crippen LogP contribution in [0.3, 0.4) is 0 Å². The number of halogens is 1. The quantitative estimate of drug-likeness (QED) is 0.782. The van der Waals surface area contributed by atoms with Crippen LogP contribution in [-0.4, -0.2) is 20.6 Å². The van der Waals surface area contributed by atoms with Crippen molar-refractivity contribution in [1.29, 1.82) is 0 Å². The van der Waals surface area contributed by atoms with Gasteiger partial charge < -0.3 is 5.11 Å². The number of benzene rings is 1. The van der Waals surface area contributed by atoms with Gasteiger partial charge in [0.15, 0.2) is 0 Å². The third kappa shape index (κ3) is 3.00. The van der Waals surface area contributed by atoms with Gasteiger partial charge in [0.2, 0.25) is 0 Å². The molecule has 118 valence electrons. The Morgan fingerprint density at radius 3 is 2.70 bits per heavy atom. The first kappa shape index (κ1) is 15.7. The summed E-state index contributed by atoms with van der Waals surface area (Å²) in [5, 5.41) is 11.9. The molecular weight excluding hydrogens is 336 g/mol. The standard InChI is InChI=1S/C16H13ClN2O3S/c1-9-18-15-14(16(22)19(9)7-6-13(20)21)12(8-23-15)10-2-4-11(17)5-3-10/h2-5,8H,6-7H2,1H3,(H,20,21). The minimum absolute atomic E-state index is 0.110. The van der Waals surface area contributed by atoms with Gasteiger partial charge in [-0.1, -0.05) is 23.7 Å². The lowest BCUT2D eigenvalue weighted by molar-refractivity contribution is -0.137. The second-order valence-electron chi connectivity index (χ2n) is 5.10. The SMILES string of the molecule is Cc1nc2scc(-c3ccc(Cl)cc3)c2c(=O)n1CCC(=O)O. The van der Waals surface area contributed by atoms with E-state index in [1.807, 2.05) is 17.5 Å². The molecule has 23 heavy (non-hydrogen) atoms. The highest BCUT2D eigenvalue weighted by Gasteiger charge is 2.15. The summed E-state index contributed by atoms with van der Waals surface area (Å²) in [5.74, 6) is -0.423. The number of aromatic nitrogens is 2. The Labute approximate surface area is 140 Å². The van der Waals surface area contributed by atoms with Crippen molar-refractivity contribution < 1.29 is 9.90 Å². The van der Waals surface area contributed by atoms with E-state index < -0.39 is 5.97 Å². The third-order valence-corrected chi connectivity index (χ3v) is 4.71. The van der Waals surface area contributed by atoms with E-state index in [2.05, 4.69) is 4.98 Å². The highest BCUT2D eigenvalue weighted by molar-refractivity contribution is 7.17. The molecule has 5 nitrogen and oxygen atoms in total. The number of carboxylic acids is 1. The molecule has 2 aromatic heterocycles. The lowest BCUT2D eigenvalue weighted by Crippen LogP contribution is -2.24. The number of hydrogen-bond donors (Lipinski definition) is 1. The van der Waals surface area contributed by atoms with Crippen LogP contribution >= 0.6 is 22.9 Å². The smallest absolute Gasteiger partial charge is 0.305 e. The Hall–Kier alpha value is -2.18. The Balaban J connectivity index is 2.18. The molecule has 1 aromatic carbocycles. The van der Waals surface area contributed by atoms with Gasteiger partial charge in [0.1, 0.15) is 10.7 Å². The Morgan fingerprint density at radius 1 is 1.35 bits per heavy atom. The van der Waals surface area contributed by atoms with Gasteiger partial charge in [-0.3, -0.25) is 14.2 Å². The summed E-state index contributed by atoms with van der Waals surface area (Å²) < 4.78 is 1.42. The second kappa shape index (κ2) is 6.14. The molecule has 3 aromatic rings. The van der Waals surface area contributed by atoms with Crippen LogP contribution in [0.1, 0.15) is 12.2 Å². The molecule has 2 heterocycles. The number of carboxylic acid groups (broad SMARTS) is 1. The van der Waals surface area contributed by atoms with Gasteiger partial charge in [-0.15, -0.1) is 11.3 Å². The fraction of sp³-hybridized carbons (Fsp3) is 0.188. The first-order valence-corrected chi connectivity index (χ1v) is 8.19. The molecule has 1 N–H and O–H groups in total. The van der Waals surface area contributed by atoms with Crippen molar-refractivity contribution in [3.05, 3.63) is 50.8 Å². The van der Waals surface area contributed by atoms with Crippen molar-refractivity contribution in [1.82, 2.24) is 9.55 Å². The number of thiophene rings is 1. The number of aliphatic carboxylic acids is 1. The van der Waals surface area contributed by atoms with E-state index in [0.717, 1.165) is 11.1 Å². The summed E-state index contributed by atoms with van der Waals surface area (Å²) >= 11 is 7.31. The molecule has 0 aliphatic rings.